The van der Waals surface area contributed by atoms with Gasteiger partial charge in [-0.3, -0.25) is 0 Å². The van der Waals surface area contributed by atoms with Crippen LogP contribution in [0, 0.1) is 5.92 Å². The van der Waals surface area contributed by atoms with Crippen molar-refractivity contribution < 1.29 is 0 Å². The van der Waals surface area contributed by atoms with Crippen molar-refractivity contribution in [2.45, 2.75) is 33.7 Å². The van der Waals surface area contributed by atoms with Crippen LogP contribution in [0.5, 0.6) is 0 Å². The highest BCUT2D eigenvalue weighted by Crippen LogP contribution is 2.27. The molecule has 0 fully saturated rings. The Morgan fingerprint density at radius 3 is 2.64 bits per heavy atom. The molecular weight excluding hydrogens is 270 g/mol. The highest BCUT2D eigenvalue weighted by molar-refractivity contribution is 5.81. The molecule has 0 unspecified atom stereocenters. The molecule has 0 saturated carbocycles. The minimum absolute atomic E-state index is 0.558. The van der Waals surface area contributed by atoms with Crippen molar-refractivity contribution in [3.05, 3.63) is 48.0 Å². The standard InChI is InChI=1S/C19H23N3/c1-4-14-8-9-18-17(10-14)21-19(22(18)12-13(2)3)15-6-5-7-16(20)11-15/h5-11,13H,4,12,20H2,1-3H3. The number of hydrogen-bond acceptors (Lipinski definition) is 2. The molecule has 3 heteroatoms. The lowest BCUT2D eigenvalue weighted by molar-refractivity contribution is 0.536. The predicted octanol–water partition coefficient (Wildman–Crippen LogP) is 4.50. The van der Waals surface area contributed by atoms with Crippen molar-refractivity contribution in [2.24, 2.45) is 5.92 Å². The lowest BCUT2D eigenvalue weighted by Crippen LogP contribution is -2.06. The third-order valence-corrected chi connectivity index (χ3v) is 3.91. The fourth-order valence-corrected chi connectivity index (χ4v) is 2.84. The first-order valence-electron chi connectivity index (χ1n) is 7.93. The molecule has 3 rings (SSSR count). The van der Waals surface area contributed by atoms with Gasteiger partial charge < -0.3 is 10.3 Å². The second-order valence-corrected chi connectivity index (χ2v) is 6.24. The number of anilines is 1. The minimum Gasteiger partial charge on any atom is -0.399 e. The summed E-state index contributed by atoms with van der Waals surface area (Å²) in [5, 5.41) is 0. The minimum atomic E-state index is 0.558. The molecule has 0 bridgehead atoms. The Labute approximate surface area is 131 Å². The van der Waals surface area contributed by atoms with Crippen LogP contribution in [0.4, 0.5) is 5.69 Å². The summed E-state index contributed by atoms with van der Waals surface area (Å²) >= 11 is 0. The van der Waals surface area contributed by atoms with Crippen LogP contribution in [-0.4, -0.2) is 9.55 Å². The maximum atomic E-state index is 5.95. The molecule has 0 spiro atoms. The number of hydrogen-bond donors (Lipinski definition) is 1. The fraction of sp³-hybridized carbons (Fsp3) is 0.316. The molecule has 114 valence electrons. The summed E-state index contributed by atoms with van der Waals surface area (Å²) in [5.74, 6) is 1.56. The van der Waals surface area contributed by atoms with Crippen molar-refractivity contribution in [1.82, 2.24) is 9.55 Å². The van der Waals surface area contributed by atoms with Gasteiger partial charge in [0.25, 0.3) is 0 Å². The number of aromatic nitrogens is 2. The average Bonchev–Trinajstić information content (AvgIpc) is 2.84. The number of nitrogens with zero attached hydrogens (tertiary/aromatic N) is 2. The van der Waals surface area contributed by atoms with Gasteiger partial charge in [0.1, 0.15) is 5.82 Å². The summed E-state index contributed by atoms with van der Waals surface area (Å²) < 4.78 is 2.31. The van der Waals surface area contributed by atoms with E-state index in [2.05, 4.69) is 49.6 Å². The van der Waals surface area contributed by atoms with Gasteiger partial charge in [0.2, 0.25) is 0 Å². The van der Waals surface area contributed by atoms with Crippen LogP contribution >= 0.6 is 0 Å². The van der Waals surface area contributed by atoms with Crippen molar-refractivity contribution in [3.8, 4) is 11.4 Å². The third kappa shape index (κ3) is 2.71. The molecule has 22 heavy (non-hydrogen) atoms. The van der Waals surface area contributed by atoms with E-state index in [0.29, 0.717) is 5.92 Å². The quantitative estimate of drug-likeness (QED) is 0.720. The normalized spacial score (nSPS) is 11.5. The predicted molar refractivity (Wildman–Crippen MR) is 93.8 cm³/mol. The van der Waals surface area contributed by atoms with Crippen LogP contribution in [0.25, 0.3) is 22.4 Å². The van der Waals surface area contributed by atoms with Crippen molar-refractivity contribution in [1.29, 1.82) is 0 Å². The molecule has 2 aromatic carbocycles. The first-order chi connectivity index (χ1) is 10.6. The molecule has 3 aromatic rings. The van der Waals surface area contributed by atoms with E-state index < -0.39 is 0 Å². The highest BCUT2D eigenvalue weighted by atomic mass is 15.1. The number of nitrogens with two attached hydrogens (primary N) is 1. The maximum Gasteiger partial charge on any atom is 0.141 e. The molecule has 0 atom stereocenters. The Morgan fingerprint density at radius 1 is 1.14 bits per heavy atom. The highest BCUT2D eigenvalue weighted by Gasteiger charge is 2.14. The van der Waals surface area contributed by atoms with Crippen molar-refractivity contribution in [2.75, 3.05) is 5.73 Å². The monoisotopic (exact) mass is 293 g/mol. The number of nitrogen functional groups attached to an aromatic ring is 1. The van der Waals surface area contributed by atoms with Crippen LogP contribution < -0.4 is 5.73 Å². The number of benzene rings is 2. The van der Waals surface area contributed by atoms with Gasteiger partial charge in [0.15, 0.2) is 0 Å². The summed E-state index contributed by atoms with van der Waals surface area (Å²) in [5.41, 5.74) is 11.4. The van der Waals surface area contributed by atoms with E-state index >= 15 is 0 Å². The molecule has 2 N–H and O–H groups in total. The van der Waals surface area contributed by atoms with Gasteiger partial charge in [-0.25, -0.2) is 4.98 Å². The lowest BCUT2D eigenvalue weighted by Gasteiger charge is -2.12. The van der Waals surface area contributed by atoms with Crippen LogP contribution in [0.1, 0.15) is 26.3 Å². The summed E-state index contributed by atoms with van der Waals surface area (Å²) in [6.45, 7) is 7.59. The molecule has 3 nitrogen and oxygen atoms in total. The second kappa shape index (κ2) is 5.84. The largest absolute Gasteiger partial charge is 0.399 e. The van der Waals surface area contributed by atoms with Gasteiger partial charge >= 0.3 is 0 Å². The van der Waals surface area contributed by atoms with Crippen LogP contribution in [-0.2, 0) is 13.0 Å². The Bertz CT molecular complexity index is 800. The smallest absolute Gasteiger partial charge is 0.141 e. The van der Waals surface area contributed by atoms with Gasteiger partial charge in [-0.1, -0.05) is 39.0 Å². The molecule has 0 aliphatic heterocycles. The Hall–Kier alpha value is -2.29. The first-order valence-corrected chi connectivity index (χ1v) is 7.93. The van der Waals surface area contributed by atoms with E-state index in [9.17, 15) is 0 Å². The SMILES string of the molecule is CCc1ccc2c(c1)nc(-c1cccc(N)c1)n2CC(C)C. The third-order valence-electron chi connectivity index (χ3n) is 3.91. The average molecular weight is 293 g/mol. The van der Waals surface area contributed by atoms with Gasteiger partial charge in [-0.05, 0) is 42.2 Å². The van der Waals surface area contributed by atoms with E-state index in [0.717, 1.165) is 35.6 Å². The molecule has 0 aliphatic carbocycles. The molecule has 0 aliphatic rings. The lowest BCUT2D eigenvalue weighted by atomic mass is 10.1. The molecule has 0 amide bonds. The molecule has 0 saturated heterocycles. The molecular formula is C19H23N3. The van der Waals surface area contributed by atoms with Gasteiger partial charge in [-0.2, -0.15) is 0 Å². The van der Waals surface area contributed by atoms with Crippen LogP contribution in [0.2, 0.25) is 0 Å². The maximum absolute atomic E-state index is 5.95. The van der Waals surface area contributed by atoms with Gasteiger partial charge in [-0.15, -0.1) is 0 Å². The summed E-state index contributed by atoms with van der Waals surface area (Å²) in [7, 11) is 0. The van der Waals surface area contributed by atoms with Crippen LogP contribution in [0.15, 0.2) is 42.5 Å². The van der Waals surface area contributed by atoms with Crippen molar-refractivity contribution in [3.63, 3.8) is 0 Å². The topological polar surface area (TPSA) is 43.8 Å². The number of imidazole rings is 1. The van der Waals surface area contributed by atoms with Crippen molar-refractivity contribution >= 4 is 16.7 Å². The Balaban J connectivity index is 2.23. The zero-order valence-corrected chi connectivity index (χ0v) is 13.5. The van der Waals surface area contributed by atoms with E-state index in [1.807, 2.05) is 18.2 Å². The summed E-state index contributed by atoms with van der Waals surface area (Å²) in [4.78, 5) is 4.89. The number of rotatable bonds is 4. The Morgan fingerprint density at radius 2 is 1.95 bits per heavy atom. The first kappa shape index (κ1) is 14.6. The zero-order chi connectivity index (χ0) is 15.7. The molecule has 1 heterocycles. The molecule has 0 radical (unpaired) electrons. The van der Waals surface area contributed by atoms with E-state index in [-0.39, 0.29) is 0 Å². The summed E-state index contributed by atoms with van der Waals surface area (Å²) in [6, 6.07) is 14.6. The van der Waals surface area contributed by atoms with Gasteiger partial charge in [0, 0.05) is 17.8 Å². The summed E-state index contributed by atoms with van der Waals surface area (Å²) in [6.07, 6.45) is 1.03. The van der Waals surface area contributed by atoms with E-state index in [1.54, 1.807) is 0 Å². The fourth-order valence-electron chi connectivity index (χ4n) is 2.84. The zero-order valence-electron chi connectivity index (χ0n) is 13.5. The Kier molecular flexibility index (Phi) is 3.88. The van der Waals surface area contributed by atoms with E-state index in [1.165, 1.54) is 11.1 Å². The van der Waals surface area contributed by atoms with Crippen LogP contribution in [0.3, 0.4) is 0 Å². The second-order valence-electron chi connectivity index (χ2n) is 6.24. The number of fused-ring (bicyclic) bond motifs is 1. The van der Waals surface area contributed by atoms with Gasteiger partial charge in [0.05, 0.1) is 11.0 Å². The number of aryl methyl sites for hydroxylation is 1. The van der Waals surface area contributed by atoms with E-state index in [4.69, 9.17) is 10.7 Å². The molecule has 1 aromatic heterocycles.